The van der Waals surface area contributed by atoms with Gasteiger partial charge in [0.15, 0.2) is 0 Å². The van der Waals surface area contributed by atoms with Gasteiger partial charge >= 0.3 is 5.97 Å². The first kappa shape index (κ1) is 16.7. The average molecular weight is 362 g/mol. The van der Waals surface area contributed by atoms with E-state index in [1.807, 2.05) is 37.3 Å². The molecule has 116 valence electrons. The Kier molecular flexibility index (Phi) is 6.16. The standard InChI is InChI=1S/C18H20BrNO2/c1-3-22-18(21)17-10-5-4-7-15(17)12-20-13(2)14-8-6-9-16(19)11-14/h4-11,13,20H,3,12H2,1-2H3/t13-/m0/s1. The van der Waals surface area contributed by atoms with Gasteiger partial charge in [0.2, 0.25) is 0 Å². The number of benzene rings is 2. The Bertz CT molecular complexity index is 642. The Morgan fingerprint density at radius 1 is 1.23 bits per heavy atom. The van der Waals surface area contributed by atoms with Gasteiger partial charge in [-0.3, -0.25) is 0 Å². The van der Waals surface area contributed by atoms with Crippen LogP contribution in [0.2, 0.25) is 0 Å². The minimum atomic E-state index is -0.269. The van der Waals surface area contributed by atoms with E-state index in [2.05, 4.69) is 40.3 Å². The number of carbonyl (C=O) groups excluding carboxylic acids is 1. The molecule has 0 bridgehead atoms. The summed E-state index contributed by atoms with van der Waals surface area (Å²) < 4.78 is 6.16. The Hall–Kier alpha value is -1.65. The van der Waals surface area contributed by atoms with Crippen LogP contribution in [0.25, 0.3) is 0 Å². The highest BCUT2D eigenvalue weighted by molar-refractivity contribution is 9.10. The molecule has 0 aliphatic rings. The van der Waals surface area contributed by atoms with Crippen molar-refractivity contribution in [2.45, 2.75) is 26.4 Å². The molecular weight excluding hydrogens is 342 g/mol. The monoisotopic (exact) mass is 361 g/mol. The minimum absolute atomic E-state index is 0.188. The highest BCUT2D eigenvalue weighted by atomic mass is 79.9. The van der Waals surface area contributed by atoms with Crippen LogP contribution in [0.1, 0.15) is 41.4 Å². The summed E-state index contributed by atoms with van der Waals surface area (Å²) in [5, 5.41) is 3.45. The van der Waals surface area contributed by atoms with Gasteiger partial charge in [-0.25, -0.2) is 4.79 Å². The minimum Gasteiger partial charge on any atom is -0.462 e. The van der Waals surface area contributed by atoms with Gasteiger partial charge in [-0.1, -0.05) is 46.3 Å². The molecule has 0 aliphatic heterocycles. The van der Waals surface area contributed by atoms with Crippen LogP contribution in [-0.2, 0) is 11.3 Å². The summed E-state index contributed by atoms with van der Waals surface area (Å²) in [4.78, 5) is 12.0. The third kappa shape index (κ3) is 4.42. The van der Waals surface area contributed by atoms with Crippen LogP contribution in [0.15, 0.2) is 53.0 Å². The lowest BCUT2D eigenvalue weighted by atomic mass is 10.1. The van der Waals surface area contributed by atoms with E-state index in [1.165, 1.54) is 5.56 Å². The predicted molar refractivity (Wildman–Crippen MR) is 91.8 cm³/mol. The number of hydrogen-bond donors (Lipinski definition) is 1. The molecule has 0 saturated carbocycles. The van der Waals surface area contributed by atoms with Crippen molar-refractivity contribution in [3.63, 3.8) is 0 Å². The first-order valence-electron chi connectivity index (χ1n) is 7.35. The second kappa shape index (κ2) is 8.11. The largest absolute Gasteiger partial charge is 0.462 e. The summed E-state index contributed by atoms with van der Waals surface area (Å²) in [6.07, 6.45) is 0. The normalized spacial score (nSPS) is 12.0. The third-order valence-electron chi connectivity index (χ3n) is 3.46. The van der Waals surface area contributed by atoms with Gasteiger partial charge in [0.05, 0.1) is 12.2 Å². The van der Waals surface area contributed by atoms with Crippen LogP contribution in [0.4, 0.5) is 0 Å². The molecule has 1 N–H and O–H groups in total. The number of hydrogen-bond acceptors (Lipinski definition) is 3. The summed E-state index contributed by atoms with van der Waals surface area (Å²) in [5.74, 6) is -0.269. The molecule has 0 amide bonds. The van der Waals surface area contributed by atoms with E-state index in [0.29, 0.717) is 18.7 Å². The van der Waals surface area contributed by atoms with Crippen molar-refractivity contribution in [3.05, 3.63) is 69.7 Å². The summed E-state index contributed by atoms with van der Waals surface area (Å²) in [7, 11) is 0. The second-order valence-corrected chi connectivity index (χ2v) is 5.95. The fraction of sp³-hybridized carbons (Fsp3) is 0.278. The summed E-state index contributed by atoms with van der Waals surface area (Å²) in [6, 6.07) is 15.9. The van der Waals surface area contributed by atoms with E-state index in [1.54, 1.807) is 6.07 Å². The van der Waals surface area contributed by atoms with Crippen molar-refractivity contribution < 1.29 is 9.53 Å². The number of ether oxygens (including phenoxy) is 1. The maximum absolute atomic E-state index is 12.0. The maximum Gasteiger partial charge on any atom is 0.338 e. The Morgan fingerprint density at radius 3 is 2.73 bits per heavy atom. The zero-order valence-corrected chi connectivity index (χ0v) is 14.4. The van der Waals surface area contributed by atoms with Gasteiger partial charge < -0.3 is 10.1 Å². The van der Waals surface area contributed by atoms with E-state index in [9.17, 15) is 4.79 Å². The fourth-order valence-corrected chi connectivity index (χ4v) is 2.66. The van der Waals surface area contributed by atoms with Gasteiger partial charge in [-0.2, -0.15) is 0 Å². The zero-order chi connectivity index (χ0) is 15.9. The smallest absolute Gasteiger partial charge is 0.338 e. The zero-order valence-electron chi connectivity index (χ0n) is 12.8. The van der Waals surface area contributed by atoms with Gasteiger partial charge in [0.1, 0.15) is 0 Å². The van der Waals surface area contributed by atoms with Crippen molar-refractivity contribution in [2.75, 3.05) is 6.61 Å². The number of esters is 1. The quantitative estimate of drug-likeness (QED) is 0.771. The van der Waals surface area contributed by atoms with Crippen molar-refractivity contribution in [2.24, 2.45) is 0 Å². The van der Waals surface area contributed by atoms with Crippen molar-refractivity contribution >= 4 is 21.9 Å². The third-order valence-corrected chi connectivity index (χ3v) is 3.95. The Balaban J connectivity index is 2.07. The van der Waals surface area contributed by atoms with Crippen LogP contribution in [0, 0.1) is 0 Å². The molecule has 4 heteroatoms. The van der Waals surface area contributed by atoms with E-state index in [-0.39, 0.29) is 12.0 Å². The number of carbonyl (C=O) groups is 1. The molecule has 2 aromatic carbocycles. The molecule has 3 nitrogen and oxygen atoms in total. The SMILES string of the molecule is CCOC(=O)c1ccccc1CN[C@@H](C)c1cccc(Br)c1. The summed E-state index contributed by atoms with van der Waals surface area (Å²) >= 11 is 3.49. The van der Waals surface area contributed by atoms with Crippen molar-refractivity contribution in [3.8, 4) is 0 Å². The molecule has 0 heterocycles. The van der Waals surface area contributed by atoms with Gasteiger partial charge in [-0.15, -0.1) is 0 Å². The molecule has 0 spiro atoms. The molecule has 0 fully saturated rings. The van der Waals surface area contributed by atoms with Crippen molar-refractivity contribution in [1.29, 1.82) is 0 Å². The molecule has 0 radical (unpaired) electrons. The summed E-state index contributed by atoms with van der Waals surface area (Å²) in [5.41, 5.74) is 2.77. The molecule has 0 saturated heterocycles. The number of rotatable bonds is 6. The molecule has 2 rings (SSSR count). The highest BCUT2D eigenvalue weighted by Gasteiger charge is 2.12. The van der Waals surface area contributed by atoms with Gasteiger partial charge in [-0.05, 0) is 43.2 Å². The number of nitrogens with one attached hydrogen (secondary N) is 1. The molecule has 0 aromatic heterocycles. The molecule has 22 heavy (non-hydrogen) atoms. The van der Waals surface area contributed by atoms with E-state index in [4.69, 9.17) is 4.74 Å². The lowest BCUT2D eigenvalue weighted by molar-refractivity contribution is 0.0525. The first-order chi connectivity index (χ1) is 10.6. The van der Waals surface area contributed by atoms with Crippen LogP contribution >= 0.6 is 15.9 Å². The van der Waals surface area contributed by atoms with Crippen LogP contribution in [0.3, 0.4) is 0 Å². The molecule has 2 aromatic rings. The Morgan fingerprint density at radius 2 is 2.00 bits per heavy atom. The Labute approximate surface area is 139 Å². The van der Waals surface area contributed by atoms with Gasteiger partial charge in [0.25, 0.3) is 0 Å². The second-order valence-electron chi connectivity index (χ2n) is 5.04. The van der Waals surface area contributed by atoms with E-state index >= 15 is 0 Å². The van der Waals surface area contributed by atoms with Gasteiger partial charge in [0, 0.05) is 17.1 Å². The highest BCUT2D eigenvalue weighted by Crippen LogP contribution is 2.19. The summed E-state index contributed by atoms with van der Waals surface area (Å²) in [6.45, 7) is 4.92. The molecule has 0 unspecified atom stereocenters. The lowest BCUT2D eigenvalue weighted by Crippen LogP contribution is -2.20. The van der Waals surface area contributed by atoms with Crippen LogP contribution in [0.5, 0.6) is 0 Å². The van der Waals surface area contributed by atoms with Crippen molar-refractivity contribution in [1.82, 2.24) is 5.32 Å². The lowest BCUT2D eigenvalue weighted by Gasteiger charge is -2.16. The predicted octanol–water partition coefficient (Wildman–Crippen LogP) is 4.48. The average Bonchev–Trinajstić information content (AvgIpc) is 2.53. The molecular formula is C18H20BrNO2. The topological polar surface area (TPSA) is 38.3 Å². The van der Waals surface area contributed by atoms with E-state index < -0.39 is 0 Å². The van der Waals surface area contributed by atoms with Crippen LogP contribution < -0.4 is 5.32 Å². The maximum atomic E-state index is 12.0. The number of halogens is 1. The first-order valence-corrected chi connectivity index (χ1v) is 8.15. The van der Waals surface area contributed by atoms with E-state index in [0.717, 1.165) is 10.0 Å². The van der Waals surface area contributed by atoms with Crippen LogP contribution in [-0.4, -0.2) is 12.6 Å². The fourth-order valence-electron chi connectivity index (χ4n) is 2.24. The molecule has 0 aliphatic carbocycles. The molecule has 1 atom stereocenters.